The second-order valence-electron chi connectivity index (χ2n) is 5.56. The minimum Gasteiger partial charge on any atom is -0.507 e. The summed E-state index contributed by atoms with van der Waals surface area (Å²) >= 11 is 0. The predicted molar refractivity (Wildman–Crippen MR) is 88.6 cm³/mol. The molecular weight excluding hydrogens is 323 g/mol. The zero-order chi connectivity index (χ0) is 17.1. The van der Waals surface area contributed by atoms with Gasteiger partial charge in [0.05, 0.1) is 7.11 Å². The molecular formula is C17H20NaO6. The first-order valence-electron chi connectivity index (χ1n) is 7.32. The number of aromatic hydroxyl groups is 1. The van der Waals surface area contributed by atoms with Gasteiger partial charge in [-0.05, 0) is 32.3 Å². The number of hydrogen-bond acceptors (Lipinski definition) is 5. The van der Waals surface area contributed by atoms with E-state index in [1.807, 2.05) is 19.9 Å². The number of carboxylic acid groups (broad SMARTS) is 1. The molecule has 125 valence electrons. The van der Waals surface area contributed by atoms with Crippen LogP contribution in [-0.2, 0) is 22.6 Å². The van der Waals surface area contributed by atoms with Crippen molar-refractivity contribution in [3.8, 4) is 11.5 Å². The Labute approximate surface area is 162 Å². The Balaban J connectivity index is 0.00000288. The van der Waals surface area contributed by atoms with Crippen LogP contribution in [0, 0.1) is 6.92 Å². The Kier molecular flexibility index (Phi) is 7.32. The van der Waals surface area contributed by atoms with Crippen LogP contribution in [0.3, 0.4) is 0 Å². The van der Waals surface area contributed by atoms with Gasteiger partial charge < -0.3 is 19.7 Å². The summed E-state index contributed by atoms with van der Waals surface area (Å²) in [7, 11) is 1.51. The number of carbonyl (C=O) groups excluding carboxylic acids is 1. The molecule has 0 aliphatic carbocycles. The van der Waals surface area contributed by atoms with Crippen LogP contribution < -0.4 is 4.74 Å². The number of benzene rings is 1. The molecule has 2 N–H and O–H groups in total. The van der Waals surface area contributed by atoms with Gasteiger partial charge in [-0.2, -0.15) is 0 Å². The molecule has 0 unspecified atom stereocenters. The topological polar surface area (TPSA) is 93.1 Å². The van der Waals surface area contributed by atoms with E-state index in [1.165, 1.54) is 7.11 Å². The third kappa shape index (κ3) is 4.12. The monoisotopic (exact) mass is 343 g/mol. The molecule has 1 aromatic rings. The molecule has 0 fully saturated rings. The van der Waals surface area contributed by atoms with Crippen LogP contribution in [0.4, 0.5) is 0 Å². The maximum Gasteiger partial charge on any atom is 0.342 e. The van der Waals surface area contributed by atoms with Crippen LogP contribution in [0.5, 0.6) is 11.5 Å². The molecule has 7 heteroatoms. The number of ether oxygens (including phenoxy) is 2. The van der Waals surface area contributed by atoms with Crippen LogP contribution in [-0.4, -0.2) is 58.8 Å². The number of allylic oxidation sites excluding steroid dienone is 2. The van der Waals surface area contributed by atoms with E-state index < -0.39 is 11.9 Å². The zero-order valence-corrected chi connectivity index (χ0v) is 16.4. The van der Waals surface area contributed by atoms with Crippen molar-refractivity contribution < 1.29 is 29.3 Å². The number of rotatable bonds is 6. The van der Waals surface area contributed by atoms with Gasteiger partial charge in [-0.1, -0.05) is 11.6 Å². The third-order valence-corrected chi connectivity index (χ3v) is 4.04. The molecule has 0 spiro atoms. The number of aliphatic carboxylic acids is 1. The smallest absolute Gasteiger partial charge is 0.342 e. The van der Waals surface area contributed by atoms with Crippen molar-refractivity contribution in [3.63, 3.8) is 0 Å². The van der Waals surface area contributed by atoms with Gasteiger partial charge in [0.15, 0.2) is 0 Å². The summed E-state index contributed by atoms with van der Waals surface area (Å²) in [4.78, 5) is 22.4. The van der Waals surface area contributed by atoms with Crippen LogP contribution in [0.15, 0.2) is 11.6 Å². The SMILES string of the molecule is COc1c(C)c2c(c(O)c1CC=C(C)CCC(=O)O)C(=O)OC2.[Na]. The Morgan fingerprint density at radius 2 is 2.04 bits per heavy atom. The first-order valence-corrected chi connectivity index (χ1v) is 7.32. The van der Waals surface area contributed by atoms with Gasteiger partial charge >= 0.3 is 11.9 Å². The van der Waals surface area contributed by atoms with Crippen LogP contribution in [0.25, 0.3) is 0 Å². The standard InChI is InChI=1S/C17H20O6.Na/c1-9(5-7-13(18)19)4-6-11-15(20)14-12(8-23-17(14)21)10(2)16(11)22-3;/h4,20H,5-8H2,1-3H3,(H,18,19);. The number of carbonyl (C=O) groups is 2. The number of fused-ring (bicyclic) bond motifs is 1. The van der Waals surface area contributed by atoms with Crippen LogP contribution in [0.1, 0.15) is 46.8 Å². The van der Waals surface area contributed by atoms with Crippen molar-refractivity contribution >= 4 is 41.5 Å². The van der Waals surface area contributed by atoms with E-state index in [4.69, 9.17) is 14.6 Å². The number of phenols is 1. The molecule has 2 rings (SSSR count). The maximum absolute atomic E-state index is 11.8. The fourth-order valence-corrected chi connectivity index (χ4v) is 2.71. The molecule has 0 bridgehead atoms. The summed E-state index contributed by atoms with van der Waals surface area (Å²) in [6, 6.07) is 0. The summed E-state index contributed by atoms with van der Waals surface area (Å²) in [6.07, 6.45) is 2.68. The van der Waals surface area contributed by atoms with E-state index in [-0.39, 0.29) is 53.9 Å². The number of esters is 1. The molecule has 0 amide bonds. The van der Waals surface area contributed by atoms with E-state index in [2.05, 4.69) is 0 Å². The Morgan fingerprint density at radius 3 is 2.62 bits per heavy atom. The third-order valence-electron chi connectivity index (χ3n) is 4.04. The van der Waals surface area contributed by atoms with E-state index >= 15 is 0 Å². The largest absolute Gasteiger partial charge is 0.507 e. The summed E-state index contributed by atoms with van der Waals surface area (Å²) in [5.41, 5.74) is 3.04. The fraction of sp³-hybridized carbons (Fsp3) is 0.412. The molecule has 1 radical (unpaired) electrons. The molecule has 0 aromatic heterocycles. The second kappa shape index (κ2) is 8.55. The number of phenolic OH excluding ortho intramolecular Hbond substituents is 1. The Bertz CT molecular complexity index is 693. The summed E-state index contributed by atoms with van der Waals surface area (Å²) in [6.45, 7) is 3.79. The number of carboxylic acids is 1. The predicted octanol–water partition coefficient (Wildman–Crippen LogP) is 2.35. The zero-order valence-electron chi connectivity index (χ0n) is 14.4. The number of hydrogen-bond donors (Lipinski definition) is 2. The fourth-order valence-electron chi connectivity index (χ4n) is 2.71. The molecule has 1 aliphatic heterocycles. The normalized spacial score (nSPS) is 13.1. The Hall–Kier alpha value is -1.50. The average Bonchev–Trinajstić information content (AvgIpc) is 2.89. The van der Waals surface area contributed by atoms with Gasteiger partial charge in [0.1, 0.15) is 23.7 Å². The first kappa shape index (κ1) is 20.5. The van der Waals surface area contributed by atoms with E-state index in [9.17, 15) is 14.7 Å². The molecule has 0 saturated heterocycles. The first-order chi connectivity index (χ1) is 10.9. The van der Waals surface area contributed by atoms with Crippen LogP contribution >= 0.6 is 0 Å². The molecule has 6 nitrogen and oxygen atoms in total. The Morgan fingerprint density at radius 1 is 1.38 bits per heavy atom. The van der Waals surface area contributed by atoms with E-state index in [1.54, 1.807) is 0 Å². The van der Waals surface area contributed by atoms with Crippen molar-refractivity contribution in [3.05, 3.63) is 33.9 Å². The van der Waals surface area contributed by atoms with E-state index in [0.29, 0.717) is 29.7 Å². The number of cyclic esters (lactones) is 1. The maximum atomic E-state index is 11.8. The van der Waals surface area contributed by atoms with Gasteiger partial charge in [-0.25, -0.2) is 4.79 Å². The molecule has 0 atom stereocenters. The minimum absolute atomic E-state index is 0. The molecule has 24 heavy (non-hydrogen) atoms. The molecule has 0 saturated carbocycles. The van der Waals surface area contributed by atoms with Crippen molar-refractivity contribution in [2.75, 3.05) is 7.11 Å². The van der Waals surface area contributed by atoms with Crippen molar-refractivity contribution in [2.24, 2.45) is 0 Å². The van der Waals surface area contributed by atoms with Crippen LogP contribution in [0.2, 0.25) is 0 Å². The summed E-state index contributed by atoms with van der Waals surface area (Å²) < 4.78 is 10.4. The molecule has 1 aliphatic rings. The average molecular weight is 343 g/mol. The van der Waals surface area contributed by atoms with Gasteiger partial charge in [0.25, 0.3) is 0 Å². The molecule has 1 heterocycles. The summed E-state index contributed by atoms with van der Waals surface area (Å²) in [5, 5.41) is 19.1. The number of methoxy groups -OCH3 is 1. The van der Waals surface area contributed by atoms with Gasteiger partial charge in [-0.3, -0.25) is 4.79 Å². The summed E-state index contributed by atoms with van der Waals surface area (Å²) in [5.74, 6) is -0.973. The van der Waals surface area contributed by atoms with Gasteiger partial charge in [0, 0.05) is 47.1 Å². The van der Waals surface area contributed by atoms with Gasteiger partial charge in [0.2, 0.25) is 0 Å². The quantitative estimate of drug-likeness (QED) is 0.468. The minimum atomic E-state index is -0.853. The van der Waals surface area contributed by atoms with Gasteiger partial charge in [-0.15, -0.1) is 0 Å². The van der Waals surface area contributed by atoms with E-state index in [0.717, 1.165) is 11.1 Å². The second-order valence-corrected chi connectivity index (χ2v) is 5.56. The van der Waals surface area contributed by atoms with Crippen molar-refractivity contribution in [1.82, 2.24) is 0 Å². The van der Waals surface area contributed by atoms with Crippen molar-refractivity contribution in [2.45, 2.75) is 39.7 Å². The molecule has 1 aromatic carbocycles. The van der Waals surface area contributed by atoms with Crippen molar-refractivity contribution in [1.29, 1.82) is 0 Å².